The van der Waals surface area contributed by atoms with Gasteiger partial charge in [0.25, 0.3) is 0 Å². The zero-order valence-electron chi connectivity index (χ0n) is 12.1. The van der Waals surface area contributed by atoms with Crippen molar-refractivity contribution in [2.75, 3.05) is 11.5 Å². The predicted molar refractivity (Wildman–Crippen MR) is 82.2 cm³/mol. The van der Waals surface area contributed by atoms with Crippen molar-refractivity contribution in [3.05, 3.63) is 23.8 Å². The molecule has 1 spiro atoms. The van der Waals surface area contributed by atoms with Crippen molar-refractivity contribution >= 4 is 16.5 Å². The number of hydrogen-bond acceptors (Lipinski definition) is 3. The standard InChI is InChI=1S/C16H23NO2S/c1-12-10-14(4-5-15(12)17)20(18)11-13-6-9-16(19-13)7-2-3-8-16/h4-5,10,13H,2-3,6-9,11,17H2,1H3. The lowest BCUT2D eigenvalue weighted by Crippen LogP contribution is -2.27. The van der Waals surface area contributed by atoms with Gasteiger partial charge in [-0.3, -0.25) is 4.21 Å². The molecule has 0 amide bonds. The number of nitrogen functional groups attached to an aromatic ring is 1. The largest absolute Gasteiger partial charge is 0.399 e. The smallest absolute Gasteiger partial charge is 0.0702 e. The zero-order chi connectivity index (χ0) is 14.2. The minimum absolute atomic E-state index is 0.131. The van der Waals surface area contributed by atoms with Crippen molar-refractivity contribution in [1.29, 1.82) is 0 Å². The van der Waals surface area contributed by atoms with Crippen molar-refractivity contribution in [3.8, 4) is 0 Å². The molecular weight excluding hydrogens is 270 g/mol. The maximum Gasteiger partial charge on any atom is 0.0702 e. The van der Waals surface area contributed by atoms with Crippen LogP contribution in [0.4, 0.5) is 5.69 Å². The molecule has 1 aromatic rings. The number of aryl methyl sites for hydroxylation is 1. The highest BCUT2D eigenvalue weighted by Crippen LogP contribution is 2.43. The molecule has 1 aromatic carbocycles. The first-order valence-electron chi connectivity index (χ1n) is 7.50. The third-order valence-electron chi connectivity index (χ3n) is 4.69. The highest BCUT2D eigenvalue weighted by Gasteiger charge is 2.42. The molecule has 1 heterocycles. The van der Waals surface area contributed by atoms with Crippen LogP contribution >= 0.6 is 0 Å². The molecule has 1 aliphatic carbocycles. The third-order valence-corrected chi connectivity index (χ3v) is 6.15. The van der Waals surface area contributed by atoms with E-state index in [0.717, 1.165) is 29.0 Å². The summed E-state index contributed by atoms with van der Waals surface area (Å²) in [6.45, 7) is 1.95. The second kappa shape index (κ2) is 5.49. The van der Waals surface area contributed by atoms with Gasteiger partial charge in [-0.2, -0.15) is 0 Å². The van der Waals surface area contributed by atoms with E-state index in [-0.39, 0.29) is 11.7 Å². The average molecular weight is 293 g/mol. The quantitative estimate of drug-likeness (QED) is 0.871. The van der Waals surface area contributed by atoms with Crippen LogP contribution in [-0.4, -0.2) is 21.7 Å². The Kier molecular flexibility index (Phi) is 3.87. The van der Waals surface area contributed by atoms with Gasteiger partial charge in [0.05, 0.1) is 28.3 Å². The Morgan fingerprint density at radius 1 is 1.35 bits per heavy atom. The molecule has 1 saturated heterocycles. The summed E-state index contributed by atoms with van der Waals surface area (Å²) in [5, 5.41) is 0. The normalized spacial score (nSPS) is 26.1. The summed E-state index contributed by atoms with van der Waals surface area (Å²) in [4.78, 5) is 0.868. The first kappa shape index (κ1) is 14.1. The van der Waals surface area contributed by atoms with Crippen molar-refractivity contribution in [2.45, 2.75) is 62.0 Å². The molecule has 110 valence electrons. The first-order chi connectivity index (χ1) is 9.58. The number of anilines is 1. The van der Waals surface area contributed by atoms with Crippen LogP contribution in [-0.2, 0) is 15.5 Å². The Balaban J connectivity index is 1.63. The van der Waals surface area contributed by atoms with Crippen LogP contribution < -0.4 is 5.73 Å². The van der Waals surface area contributed by atoms with Crippen LogP contribution in [0.1, 0.15) is 44.1 Å². The molecule has 4 heteroatoms. The molecule has 0 radical (unpaired) electrons. The fourth-order valence-corrected chi connectivity index (χ4v) is 4.75. The molecule has 3 rings (SSSR count). The van der Waals surface area contributed by atoms with E-state index < -0.39 is 10.8 Å². The first-order valence-corrected chi connectivity index (χ1v) is 8.82. The zero-order valence-corrected chi connectivity index (χ0v) is 12.9. The Morgan fingerprint density at radius 3 is 2.80 bits per heavy atom. The van der Waals surface area contributed by atoms with E-state index in [1.165, 1.54) is 25.7 Å². The second-order valence-corrected chi connectivity index (χ2v) is 7.70. The molecule has 0 bridgehead atoms. The Labute approximate surface area is 123 Å². The van der Waals surface area contributed by atoms with Gasteiger partial charge in [-0.1, -0.05) is 12.8 Å². The maximum atomic E-state index is 12.5. The molecule has 1 aliphatic heterocycles. The summed E-state index contributed by atoms with van der Waals surface area (Å²) in [7, 11) is -0.989. The average Bonchev–Trinajstić information content (AvgIpc) is 3.04. The lowest BCUT2D eigenvalue weighted by atomic mass is 9.98. The van der Waals surface area contributed by atoms with E-state index >= 15 is 0 Å². The Hall–Kier alpha value is -0.870. The van der Waals surface area contributed by atoms with Gasteiger partial charge in [0, 0.05) is 10.6 Å². The SMILES string of the molecule is Cc1cc(S(=O)CC2CCC3(CCCC3)O2)ccc1N. The van der Waals surface area contributed by atoms with Crippen molar-refractivity contribution in [1.82, 2.24) is 0 Å². The highest BCUT2D eigenvalue weighted by molar-refractivity contribution is 7.85. The fourth-order valence-electron chi connectivity index (χ4n) is 3.45. The number of rotatable bonds is 3. The molecule has 0 aromatic heterocycles. The van der Waals surface area contributed by atoms with Gasteiger partial charge >= 0.3 is 0 Å². The van der Waals surface area contributed by atoms with Gasteiger partial charge in [0.15, 0.2) is 0 Å². The molecular formula is C16H23NO2S. The van der Waals surface area contributed by atoms with Crippen LogP contribution in [0.3, 0.4) is 0 Å². The topological polar surface area (TPSA) is 52.3 Å². The van der Waals surface area contributed by atoms with E-state index in [1.54, 1.807) is 0 Å². The van der Waals surface area contributed by atoms with Crippen LogP contribution in [0, 0.1) is 6.92 Å². The van der Waals surface area contributed by atoms with E-state index in [4.69, 9.17) is 10.5 Å². The van der Waals surface area contributed by atoms with E-state index in [0.29, 0.717) is 5.75 Å². The van der Waals surface area contributed by atoms with Crippen LogP contribution in [0.2, 0.25) is 0 Å². The summed E-state index contributed by atoms with van der Waals surface area (Å²) in [5.41, 5.74) is 7.69. The summed E-state index contributed by atoms with van der Waals surface area (Å²) in [6, 6.07) is 5.65. The molecule has 1 saturated carbocycles. The molecule has 20 heavy (non-hydrogen) atoms. The molecule has 2 unspecified atom stereocenters. The van der Waals surface area contributed by atoms with Gasteiger partial charge in [-0.25, -0.2) is 0 Å². The summed E-state index contributed by atoms with van der Waals surface area (Å²) < 4.78 is 18.7. The lowest BCUT2D eigenvalue weighted by molar-refractivity contribution is -0.0270. The fraction of sp³-hybridized carbons (Fsp3) is 0.625. The van der Waals surface area contributed by atoms with Crippen LogP contribution in [0.25, 0.3) is 0 Å². The summed E-state index contributed by atoms with van der Waals surface area (Å²) >= 11 is 0. The molecule has 3 nitrogen and oxygen atoms in total. The maximum absolute atomic E-state index is 12.5. The molecule has 2 fully saturated rings. The lowest BCUT2D eigenvalue weighted by Gasteiger charge is -2.23. The van der Waals surface area contributed by atoms with Gasteiger partial charge in [-0.05, 0) is 56.4 Å². The number of benzene rings is 1. The van der Waals surface area contributed by atoms with Gasteiger partial charge in [0.2, 0.25) is 0 Å². The van der Waals surface area contributed by atoms with Gasteiger partial charge in [0.1, 0.15) is 0 Å². The summed E-state index contributed by atoms with van der Waals surface area (Å²) in [6.07, 6.45) is 7.32. The third kappa shape index (κ3) is 2.77. The van der Waals surface area contributed by atoms with Gasteiger partial charge < -0.3 is 10.5 Å². The van der Waals surface area contributed by atoms with Crippen molar-refractivity contribution < 1.29 is 8.95 Å². The number of hydrogen-bond donors (Lipinski definition) is 1. The highest BCUT2D eigenvalue weighted by atomic mass is 32.2. The van der Waals surface area contributed by atoms with E-state index in [1.807, 2.05) is 25.1 Å². The van der Waals surface area contributed by atoms with Crippen molar-refractivity contribution in [3.63, 3.8) is 0 Å². The second-order valence-electron chi connectivity index (χ2n) is 6.20. The van der Waals surface area contributed by atoms with Crippen molar-refractivity contribution in [2.24, 2.45) is 0 Å². The van der Waals surface area contributed by atoms with E-state index in [2.05, 4.69) is 0 Å². The van der Waals surface area contributed by atoms with Gasteiger partial charge in [-0.15, -0.1) is 0 Å². The molecule has 2 atom stereocenters. The number of nitrogens with two attached hydrogens (primary N) is 1. The minimum atomic E-state index is -0.989. The monoisotopic (exact) mass is 293 g/mol. The predicted octanol–water partition coefficient (Wildman–Crippen LogP) is 3.18. The Bertz CT molecular complexity index is 523. The Morgan fingerprint density at radius 2 is 2.10 bits per heavy atom. The molecule has 2 N–H and O–H groups in total. The van der Waals surface area contributed by atoms with Crippen LogP contribution in [0.5, 0.6) is 0 Å². The molecule has 2 aliphatic rings. The summed E-state index contributed by atoms with van der Waals surface area (Å²) in [5.74, 6) is 0.616. The van der Waals surface area contributed by atoms with E-state index in [9.17, 15) is 4.21 Å². The minimum Gasteiger partial charge on any atom is -0.399 e. The number of ether oxygens (including phenoxy) is 1. The van der Waals surface area contributed by atoms with Crippen LogP contribution in [0.15, 0.2) is 23.1 Å².